The Hall–Kier alpha value is -3.87. The molecule has 2 aromatic carbocycles. The van der Waals surface area contributed by atoms with Crippen molar-refractivity contribution < 1.29 is 14.6 Å². The Balaban J connectivity index is 1.80. The van der Waals surface area contributed by atoms with Gasteiger partial charge in [0.25, 0.3) is 5.91 Å². The van der Waals surface area contributed by atoms with E-state index in [1.807, 2.05) is 18.2 Å². The van der Waals surface area contributed by atoms with Crippen LogP contribution in [0.3, 0.4) is 0 Å². The Morgan fingerprint density at radius 1 is 1.10 bits per heavy atom. The van der Waals surface area contributed by atoms with Gasteiger partial charge in [-0.15, -0.1) is 0 Å². The van der Waals surface area contributed by atoms with E-state index in [1.54, 1.807) is 57.7 Å². The van der Waals surface area contributed by atoms with Crippen LogP contribution in [-0.4, -0.2) is 52.1 Å². The van der Waals surface area contributed by atoms with E-state index in [0.717, 1.165) is 16.6 Å². The fraction of sp³-hybridized carbons (Fsp3) is 0.136. The average Bonchev–Trinajstić information content (AvgIpc) is 3.16. The van der Waals surface area contributed by atoms with Gasteiger partial charge in [0.05, 0.1) is 23.7 Å². The van der Waals surface area contributed by atoms with Gasteiger partial charge in [0, 0.05) is 31.4 Å². The number of methoxy groups -OCH3 is 1. The van der Waals surface area contributed by atoms with Gasteiger partial charge in [0.15, 0.2) is 0 Å². The lowest BCUT2D eigenvalue weighted by molar-refractivity contribution is 0.0827. The number of hydrogen-bond acceptors (Lipinski definition) is 5. The van der Waals surface area contributed by atoms with Crippen LogP contribution in [0.4, 0.5) is 0 Å². The molecule has 0 aliphatic carbocycles. The highest BCUT2D eigenvalue weighted by atomic mass is 16.5. The molecule has 7 nitrogen and oxygen atoms in total. The molecular weight excluding hydrogens is 368 g/mol. The molecule has 4 rings (SSSR count). The first-order valence-corrected chi connectivity index (χ1v) is 9.02. The number of carbonyl (C=O) groups excluding carboxylic acids is 1. The number of imidazole rings is 1. The van der Waals surface area contributed by atoms with Crippen LogP contribution >= 0.6 is 0 Å². The van der Waals surface area contributed by atoms with Gasteiger partial charge < -0.3 is 19.7 Å². The number of aromatic amines is 1. The van der Waals surface area contributed by atoms with Crippen molar-refractivity contribution in [3.05, 3.63) is 60.3 Å². The predicted molar refractivity (Wildman–Crippen MR) is 111 cm³/mol. The molecule has 0 bridgehead atoms. The number of pyridine rings is 1. The molecule has 146 valence electrons. The lowest BCUT2D eigenvalue weighted by Crippen LogP contribution is -2.21. The number of fused-ring (bicyclic) bond motifs is 1. The Kier molecular flexibility index (Phi) is 4.64. The van der Waals surface area contributed by atoms with Crippen molar-refractivity contribution in [2.45, 2.75) is 0 Å². The van der Waals surface area contributed by atoms with E-state index in [9.17, 15) is 9.90 Å². The Morgan fingerprint density at radius 3 is 2.69 bits per heavy atom. The molecular formula is C22H20N4O3. The summed E-state index contributed by atoms with van der Waals surface area (Å²) in [7, 11) is 4.99. The van der Waals surface area contributed by atoms with Gasteiger partial charge in [-0.05, 0) is 48.0 Å². The third kappa shape index (κ3) is 3.38. The molecule has 0 radical (unpaired) electrons. The van der Waals surface area contributed by atoms with Crippen LogP contribution in [-0.2, 0) is 0 Å². The third-order valence-corrected chi connectivity index (χ3v) is 4.66. The third-order valence-electron chi connectivity index (χ3n) is 4.66. The lowest BCUT2D eigenvalue weighted by Gasteiger charge is -2.09. The van der Waals surface area contributed by atoms with E-state index < -0.39 is 0 Å². The Labute approximate surface area is 167 Å². The summed E-state index contributed by atoms with van der Waals surface area (Å²) in [5.41, 5.74) is 4.19. The molecule has 0 unspecified atom stereocenters. The van der Waals surface area contributed by atoms with Crippen molar-refractivity contribution in [2.24, 2.45) is 0 Å². The van der Waals surface area contributed by atoms with Crippen LogP contribution in [0.2, 0.25) is 0 Å². The number of carbonyl (C=O) groups is 1. The van der Waals surface area contributed by atoms with Gasteiger partial charge in [-0.25, -0.2) is 9.97 Å². The van der Waals surface area contributed by atoms with E-state index >= 15 is 0 Å². The van der Waals surface area contributed by atoms with E-state index in [-0.39, 0.29) is 11.7 Å². The molecule has 0 spiro atoms. The Bertz CT molecular complexity index is 1210. The van der Waals surface area contributed by atoms with Crippen molar-refractivity contribution in [1.82, 2.24) is 19.9 Å². The van der Waals surface area contributed by atoms with E-state index in [2.05, 4.69) is 15.0 Å². The lowest BCUT2D eigenvalue weighted by atomic mass is 10.0. The van der Waals surface area contributed by atoms with Crippen LogP contribution in [0.15, 0.2) is 54.7 Å². The SMILES string of the molecule is COc1ncccc1-c1ccc(O)c(-c2nc3ccc(C(=O)N(C)C)cc3[nH]2)c1. The van der Waals surface area contributed by atoms with Crippen LogP contribution < -0.4 is 4.74 Å². The first-order valence-electron chi connectivity index (χ1n) is 9.02. The average molecular weight is 388 g/mol. The minimum atomic E-state index is -0.0865. The molecule has 29 heavy (non-hydrogen) atoms. The Morgan fingerprint density at radius 2 is 1.93 bits per heavy atom. The van der Waals surface area contributed by atoms with Crippen molar-refractivity contribution in [3.8, 4) is 34.1 Å². The summed E-state index contributed by atoms with van der Waals surface area (Å²) in [5.74, 6) is 1.02. The standard InChI is InChI=1S/C22H20N4O3/c1-26(2)22(28)14-6-8-17-18(12-14)25-20(24-17)16-11-13(7-9-19(16)27)15-5-4-10-23-21(15)29-3/h4-12,27H,1-3H3,(H,24,25). The zero-order valence-corrected chi connectivity index (χ0v) is 16.3. The highest BCUT2D eigenvalue weighted by Gasteiger charge is 2.15. The zero-order chi connectivity index (χ0) is 20.5. The number of rotatable bonds is 4. The number of ether oxygens (including phenoxy) is 1. The predicted octanol–water partition coefficient (Wildman–Crippen LogP) is 3.71. The van der Waals surface area contributed by atoms with Crippen LogP contribution in [0.25, 0.3) is 33.5 Å². The van der Waals surface area contributed by atoms with Gasteiger partial charge in [-0.3, -0.25) is 4.79 Å². The molecule has 2 heterocycles. The summed E-state index contributed by atoms with van der Waals surface area (Å²) in [6.07, 6.45) is 1.66. The number of nitrogens with zero attached hydrogens (tertiary/aromatic N) is 3. The number of benzene rings is 2. The van der Waals surface area contributed by atoms with Crippen molar-refractivity contribution in [3.63, 3.8) is 0 Å². The van der Waals surface area contributed by atoms with Crippen molar-refractivity contribution in [1.29, 1.82) is 0 Å². The molecule has 2 aromatic heterocycles. The molecule has 4 aromatic rings. The number of H-pyrrole nitrogens is 1. The number of aromatic nitrogens is 3. The smallest absolute Gasteiger partial charge is 0.253 e. The fourth-order valence-electron chi connectivity index (χ4n) is 3.19. The normalized spacial score (nSPS) is 10.9. The molecule has 0 aliphatic rings. The van der Waals surface area contributed by atoms with Gasteiger partial charge in [0.1, 0.15) is 11.6 Å². The molecule has 0 saturated carbocycles. The highest BCUT2D eigenvalue weighted by molar-refractivity contribution is 5.97. The number of phenolic OH excluding ortho intramolecular Hbond substituents is 1. The van der Waals surface area contributed by atoms with Gasteiger partial charge in [0.2, 0.25) is 5.88 Å². The minimum absolute atomic E-state index is 0.0865. The summed E-state index contributed by atoms with van der Waals surface area (Å²) in [6.45, 7) is 0. The number of amides is 1. The molecule has 7 heteroatoms. The second kappa shape index (κ2) is 7.27. The number of phenols is 1. The molecule has 0 aliphatic heterocycles. The van der Waals surface area contributed by atoms with Crippen molar-refractivity contribution in [2.75, 3.05) is 21.2 Å². The second-order valence-corrected chi connectivity index (χ2v) is 6.81. The largest absolute Gasteiger partial charge is 0.507 e. The zero-order valence-electron chi connectivity index (χ0n) is 16.3. The molecule has 0 fully saturated rings. The number of hydrogen-bond donors (Lipinski definition) is 2. The molecule has 2 N–H and O–H groups in total. The van der Waals surface area contributed by atoms with Crippen LogP contribution in [0.5, 0.6) is 11.6 Å². The first-order chi connectivity index (χ1) is 14.0. The fourth-order valence-corrected chi connectivity index (χ4v) is 3.19. The van der Waals surface area contributed by atoms with Gasteiger partial charge in [-0.2, -0.15) is 0 Å². The topological polar surface area (TPSA) is 91.3 Å². The van der Waals surface area contributed by atoms with Gasteiger partial charge in [-0.1, -0.05) is 6.07 Å². The summed E-state index contributed by atoms with van der Waals surface area (Å²) >= 11 is 0. The summed E-state index contributed by atoms with van der Waals surface area (Å²) in [6, 6.07) is 14.3. The first kappa shape index (κ1) is 18.5. The maximum absolute atomic E-state index is 12.2. The summed E-state index contributed by atoms with van der Waals surface area (Å²) in [5, 5.41) is 10.4. The molecule has 0 atom stereocenters. The quantitative estimate of drug-likeness (QED) is 0.556. The monoisotopic (exact) mass is 388 g/mol. The summed E-state index contributed by atoms with van der Waals surface area (Å²) < 4.78 is 5.35. The van der Waals surface area contributed by atoms with Crippen LogP contribution in [0, 0.1) is 0 Å². The van der Waals surface area contributed by atoms with E-state index in [0.29, 0.717) is 28.3 Å². The summed E-state index contributed by atoms with van der Waals surface area (Å²) in [4.78, 5) is 25.8. The maximum Gasteiger partial charge on any atom is 0.253 e. The highest BCUT2D eigenvalue weighted by Crippen LogP contribution is 2.35. The van der Waals surface area contributed by atoms with Gasteiger partial charge >= 0.3 is 0 Å². The van der Waals surface area contributed by atoms with Crippen molar-refractivity contribution >= 4 is 16.9 Å². The minimum Gasteiger partial charge on any atom is -0.507 e. The van der Waals surface area contributed by atoms with Crippen LogP contribution in [0.1, 0.15) is 10.4 Å². The molecule has 0 saturated heterocycles. The number of aromatic hydroxyl groups is 1. The van der Waals surface area contributed by atoms with E-state index in [4.69, 9.17) is 4.74 Å². The van der Waals surface area contributed by atoms with E-state index in [1.165, 1.54) is 4.90 Å². The molecule has 1 amide bonds. The maximum atomic E-state index is 12.2. The second-order valence-electron chi connectivity index (χ2n) is 6.81. The number of nitrogens with one attached hydrogen (secondary N) is 1.